The highest BCUT2D eigenvalue weighted by Crippen LogP contribution is 2.22. The monoisotopic (exact) mass is 331 g/mol. The van der Waals surface area contributed by atoms with Crippen LogP contribution in [-0.4, -0.2) is 11.9 Å². The minimum Gasteiger partial charge on any atom is -0.458 e. The maximum absolute atomic E-state index is 12.1. The van der Waals surface area contributed by atoms with Crippen molar-refractivity contribution < 1.29 is 14.3 Å². The number of hydrogen-bond acceptors (Lipinski definition) is 3. The number of hydrogen-bond donors (Lipinski definition) is 1. The molecule has 2 aromatic carbocycles. The molecule has 1 atom stereocenters. The molecular formula is C18H18ClNO3. The first kappa shape index (κ1) is 17.0. The van der Waals surface area contributed by atoms with Crippen LogP contribution in [0.2, 0.25) is 5.02 Å². The van der Waals surface area contributed by atoms with Gasteiger partial charge >= 0.3 is 5.97 Å². The van der Waals surface area contributed by atoms with Crippen molar-refractivity contribution in [3.8, 4) is 0 Å². The van der Waals surface area contributed by atoms with Crippen molar-refractivity contribution in [2.75, 3.05) is 5.32 Å². The second-order valence-corrected chi connectivity index (χ2v) is 5.61. The van der Waals surface area contributed by atoms with Gasteiger partial charge in [-0.1, -0.05) is 41.9 Å². The summed E-state index contributed by atoms with van der Waals surface area (Å²) in [6, 6.07) is 14.4. The second kappa shape index (κ2) is 7.79. The fourth-order valence-corrected chi connectivity index (χ4v) is 2.38. The average molecular weight is 332 g/mol. The molecule has 4 nitrogen and oxygen atoms in total. The van der Waals surface area contributed by atoms with E-state index in [9.17, 15) is 9.59 Å². The molecule has 120 valence electrons. The summed E-state index contributed by atoms with van der Waals surface area (Å²) in [4.78, 5) is 23.2. The number of benzene rings is 2. The van der Waals surface area contributed by atoms with E-state index in [2.05, 4.69) is 5.32 Å². The molecule has 0 saturated heterocycles. The summed E-state index contributed by atoms with van der Waals surface area (Å²) >= 11 is 6.04. The predicted octanol–water partition coefficient (Wildman–Crippen LogP) is 4.15. The molecule has 0 aliphatic carbocycles. The van der Waals surface area contributed by atoms with E-state index in [-0.39, 0.29) is 18.3 Å². The Balaban J connectivity index is 2.01. The lowest BCUT2D eigenvalue weighted by molar-refractivity contribution is -0.147. The van der Waals surface area contributed by atoms with Crippen LogP contribution in [0.1, 0.15) is 31.1 Å². The first-order valence-electron chi connectivity index (χ1n) is 7.26. The highest BCUT2D eigenvalue weighted by Gasteiger charge is 2.14. The Morgan fingerprint density at radius 3 is 2.61 bits per heavy atom. The van der Waals surface area contributed by atoms with Gasteiger partial charge in [0, 0.05) is 17.6 Å². The van der Waals surface area contributed by atoms with Gasteiger partial charge in [0.2, 0.25) is 5.91 Å². The van der Waals surface area contributed by atoms with E-state index < -0.39 is 6.10 Å². The van der Waals surface area contributed by atoms with E-state index in [1.54, 1.807) is 37.3 Å². The third-order valence-electron chi connectivity index (χ3n) is 3.28. The summed E-state index contributed by atoms with van der Waals surface area (Å²) in [5.41, 5.74) is 2.21. The topological polar surface area (TPSA) is 55.4 Å². The van der Waals surface area contributed by atoms with E-state index in [0.29, 0.717) is 10.7 Å². The van der Waals surface area contributed by atoms with Crippen molar-refractivity contribution in [3.05, 3.63) is 64.7 Å². The SMILES string of the molecule is CC(=O)Nc1cccc(C(C)OC(=O)Cc2ccccc2Cl)c1. The second-order valence-electron chi connectivity index (χ2n) is 5.21. The molecule has 1 unspecified atom stereocenters. The molecule has 2 rings (SSSR count). The lowest BCUT2D eigenvalue weighted by atomic mass is 10.1. The van der Waals surface area contributed by atoms with Gasteiger partial charge in [0.15, 0.2) is 0 Å². The molecule has 0 radical (unpaired) electrons. The molecule has 0 fully saturated rings. The maximum Gasteiger partial charge on any atom is 0.310 e. The predicted molar refractivity (Wildman–Crippen MR) is 90.4 cm³/mol. The van der Waals surface area contributed by atoms with Gasteiger partial charge in [0.25, 0.3) is 0 Å². The van der Waals surface area contributed by atoms with Crippen LogP contribution in [-0.2, 0) is 20.7 Å². The lowest BCUT2D eigenvalue weighted by Gasteiger charge is -2.15. The number of esters is 1. The molecule has 2 aromatic rings. The molecule has 0 spiro atoms. The first-order valence-corrected chi connectivity index (χ1v) is 7.64. The minimum atomic E-state index is -0.418. The smallest absolute Gasteiger partial charge is 0.310 e. The van der Waals surface area contributed by atoms with E-state index in [0.717, 1.165) is 11.1 Å². The quantitative estimate of drug-likeness (QED) is 0.837. The van der Waals surface area contributed by atoms with Crippen LogP contribution in [0.3, 0.4) is 0 Å². The Bertz CT molecular complexity index is 715. The molecule has 1 amide bonds. The van der Waals surface area contributed by atoms with Gasteiger partial charge < -0.3 is 10.1 Å². The fraction of sp³-hybridized carbons (Fsp3) is 0.222. The lowest BCUT2D eigenvalue weighted by Crippen LogP contribution is -2.12. The highest BCUT2D eigenvalue weighted by molar-refractivity contribution is 6.31. The van der Waals surface area contributed by atoms with Crippen LogP contribution in [0.25, 0.3) is 0 Å². The van der Waals surface area contributed by atoms with Gasteiger partial charge in [0.1, 0.15) is 6.10 Å². The highest BCUT2D eigenvalue weighted by atomic mass is 35.5. The molecule has 5 heteroatoms. The Hall–Kier alpha value is -2.33. The number of nitrogens with one attached hydrogen (secondary N) is 1. The van der Waals surface area contributed by atoms with Gasteiger partial charge in [-0.3, -0.25) is 9.59 Å². The summed E-state index contributed by atoms with van der Waals surface area (Å²) < 4.78 is 5.45. The Labute approximate surface area is 140 Å². The molecular weight excluding hydrogens is 314 g/mol. The zero-order chi connectivity index (χ0) is 16.8. The average Bonchev–Trinajstić information content (AvgIpc) is 2.49. The number of carbonyl (C=O) groups excluding carboxylic acids is 2. The summed E-state index contributed by atoms with van der Waals surface area (Å²) in [5.74, 6) is -0.499. The molecule has 0 bridgehead atoms. The fourth-order valence-electron chi connectivity index (χ4n) is 2.18. The summed E-state index contributed by atoms with van der Waals surface area (Å²) in [5, 5.41) is 3.25. The van der Waals surface area contributed by atoms with Crippen LogP contribution >= 0.6 is 11.6 Å². The Kier molecular flexibility index (Phi) is 5.77. The van der Waals surface area contributed by atoms with Crippen molar-refractivity contribution in [2.45, 2.75) is 26.4 Å². The van der Waals surface area contributed by atoms with Crippen LogP contribution in [0, 0.1) is 0 Å². The third-order valence-corrected chi connectivity index (χ3v) is 3.65. The van der Waals surface area contributed by atoms with Crippen molar-refractivity contribution in [3.63, 3.8) is 0 Å². The largest absolute Gasteiger partial charge is 0.458 e. The Morgan fingerprint density at radius 2 is 1.91 bits per heavy atom. The maximum atomic E-state index is 12.1. The number of anilines is 1. The number of amides is 1. The number of rotatable bonds is 5. The molecule has 0 aliphatic heterocycles. The number of carbonyl (C=O) groups is 2. The molecule has 23 heavy (non-hydrogen) atoms. The summed E-state index contributed by atoms with van der Waals surface area (Å²) in [7, 11) is 0. The van der Waals surface area contributed by atoms with Crippen molar-refractivity contribution in [1.29, 1.82) is 0 Å². The van der Waals surface area contributed by atoms with E-state index in [1.165, 1.54) is 6.92 Å². The molecule has 1 N–H and O–H groups in total. The van der Waals surface area contributed by atoms with E-state index in [4.69, 9.17) is 16.3 Å². The van der Waals surface area contributed by atoms with Gasteiger partial charge in [-0.2, -0.15) is 0 Å². The molecule has 0 saturated carbocycles. The van der Waals surface area contributed by atoms with E-state index >= 15 is 0 Å². The molecule has 0 heterocycles. The zero-order valence-corrected chi connectivity index (χ0v) is 13.8. The van der Waals surface area contributed by atoms with Gasteiger partial charge in [0.05, 0.1) is 6.42 Å². The molecule has 0 aromatic heterocycles. The van der Waals surface area contributed by atoms with E-state index in [1.807, 2.05) is 18.2 Å². The van der Waals surface area contributed by atoms with Gasteiger partial charge in [-0.25, -0.2) is 0 Å². The third kappa shape index (κ3) is 5.11. The molecule has 0 aliphatic rings. The Morgan fingerprint density at radius 1 is 1.17 bits per heavy atom. The summed E-state index contributed by atoms with van der Waals surface area (Å²) in [6.07, 6.45) is -0.297. The van der Waals surface area contributed by atoms with Gasteiger partial charge in [-0.05, 0) is 36.2 Å². The number of halogens is 1. The normalized spacial score (nSPS) is 11.6. The first-order chi connectivity index (χ1) is 11.0. The van der Waals surface area contributed by atoms with Crippen molar-refractivity contribution in [2.24, 2.45) is 0 Å². The number of ether oxygens (including phenoxy) is 1. The standard InChI is InChI=1S/C18H18ClNO3/c1-12(14-7-5-8-16(10-14)20-13(2)21)23-18(22)11-15-6-3-4-9-17(15)19/h3-10,12H,11H2,1-2H3,(H,20,21). The van der Waals surface area contributed by atoms with Crippen LogP contribution < -0.4 is 5.32 Å². The van der Waals surface area contributed by atoms with Crippen LogP contribution in [0.4, 0.5) is 5.69 Å². The van der Waals surface area contributed by atoms with Gasteiger partial charge in [-0.15, -0.1) is 0 Å². The zero-order valence-electron chi connectivity index (χ0n) is 13.0. The minimum absolute atomic E-state index is 0.120. The van der Waals surface area contributed by atoms with Crippen molar-refractivity contribution >= 4 is 29.2 Å². The van der Waals surface area contributed by atoms with Crippen LogP contribution in [0.15, 0.2) is 48.5 Å². The summed E-state index contributed by atoms with van der Waals surface area (Å²) in [6.45, 7) is 3.23. The van der Waals surface area contributed by atoms with Crippen molar-refractivity contribution in [1.82, 2.24) is 0 Å². The van der Waals surface area contributed by atoms with Crippen LogP contribution in [0.5, 0.6) is 0 Å².